The van der Waals surface area contributed by atoms with Gasteiger partial charge in [-0.3, -0.25) is 19.4 Å². The van der Waals surface area contributed by atoms with Gasteiger partial charge in [0, 0.05) is 0 Å². The number of carbonyl (C=O) groups is 2. The summed E-state index contributed by atoms with van der Waals surface area (Å²) in [5.74, 6) is -0.250. The quantitative estimate of drug-likeness (QED) is 0.205. The molecule has 3 rings (SSSR count). The van der Waals surface area contributed by atoms with Crippen LogP contribution in [0, 0.1) is 0 Å². The Morgan fingerprint density at radius 1 is 1.00 bits per heavy atom. The number of nitrogens with one attached hydrogen (secondary N) is 1. The summed E-state index contributed by atoms with van der Waals surface area (Å²) in [5.41, 5.74) is 1.20. The van der Waals surface area contributed by atoms with Crippen molar-refractivity contribution in [1.29, 1.82) is 0 Å². The lowest BCUT2D eigenvalue weighted by Gasteiger charge is -2.21. The lowest BCUT2D eigenvalue weighted by Crippen LogP contribution is -2.25. The molecule has 1 aliphatic rings. The second-order valence-electron chi connectivity index (χ2n) is 7.62. The fourth-order valence-electron chi connectivity index (χ4n) is 3.27. The monoisotopic (exact) mass is 577 g/mol. The van der Waals surface area contributed by atoms with Gasteiger partial charge in [-0.2, -0.15) is 0 Å². The fraction of sp³-hybridized carbons (Fsp3) is 0.417. The van der Waals surface area contributed by atoms with Crippen LogP contribution in [0.25, 0.3) is 0 Å². The smallest absolute Gasteiger partial charge is 0.491 e. The Balaban J connectivity index is 1.65. The van der Waals surface area contributed by atoms with Crippen molar-refractivity contribution in [2.24, 2.45) is 0 Å². The molecule has 1 heterocycles. The zero-order chi connectivity index (χ0) is 27.5. The molecule has 1 fully saturated rings. The number of alkyl halides is 3. The van der Waals surface area contributed by atoms with Crippen LogP contribution in [0.3, 0.4) is 0 Å². The van der Waals surface area contributed by atoms with E-state index in [1.165, 1.54) is 18.2 Å². The Hall–Kier alpha value is -2.41. The first-order chi connectivity index (χ1) is 18.2. The summed E-state index contributed by atoms with van der Waals surface area (Å²) in [4.78, 5) is 23.1. The molecule has 0 aromatic heterocycles. The molecule has 0 aliphatic carbocycles. The third-order valence-electron chi connectivity index (χ3n) is 4.87. The van der Waals surface area contributed by atoms with E-state index >= 15 is 0 Å². The highest BCUT2D eigenvalue weighted by Gasteiger charge is 2.32. The average Bonchev–Trinajstić information content (AvgIpc) is 3.17. The summed E-state index contributed by atoms with van der Waals surface area (Å²) in [6.45, 7) is 3.98. The van der Waals surface area contributed by atoms with Gasteiger partial charge in [0.05, 0.1) is 18.5 Å². The molecule has 2 aromatic rings. The van der Waals surface area contributed by atoms with Crippen LogP contribution < -0.4 is 14.8 Å². The molecular formula is C24H27F3NO8PS. The highest BCUT2D eigenvalue weighted by molar-refractivity contribution is 8.15. The van der Waals surface area contributed by atoms with Crippen LogP contribution in [0.4, 0.5) is 18.0 Å². The minimum Gasteiger partial charge on any atom is -0.491 e. The summed E-state index contributed by atoms with van der Waals surface area (Å²) in [5, 5.41) is 1.40. The molecule has 208 valence electrons. The second kappa shape index (κ2) is 14.7. The molecule has 1 aliphatic heterocycles. The van der Waals surface area contributed by atoms with E-state index in [-0.39, 0.29) is 24.5 Å². The summed E-state index contributed by atoms with van der Waals surface area (Å²) < 4.78 is 70.0. The Kier molecular flexibility index (Phi) is 11.6. The molecule has 38 heavy (non-hydrogen) atoms. The van der Waals surface area contributed by atoms with Gasteiger partial charge < -0.3 is 23.3 Å². The molecule has 2 unspecified atom stereocenters. The summed E-state index contributed by atoms with van der Waals surface area (Å²) in [6.07, 6.45) is -5.29. The van der Waals surface area contributed by atoms with Crippen LogP contribution in [0.5, 0.6) is 11.5 Å². The van der Waals surface area contributed by atoms with E-state index < -0.39 is 32.1 Å². The highest BCUT2D eigenvalue weighted by Crippen LogP contribution is 2.39. The maximum atomic E-state index is 12.7. The Bertz CT molecular complexity index is 1050. The molecule has 9 nitrogen and oxygen atoms in total. The van der Waals surface area contributed by atoms with Crippen molar-refractivity contribution in [3.05, 3.63) is 59.7 Å². The van der Waals surface area contributed by atoms with E-state index in [1.807, 2.05) is 0 Å². The van der Waals surface area contributed by atoms with E-state index in [0.29, 0.717) is 30.9 Å². The number of benzene rings is 2. The van der Waals surface area contributed by atoms with Gasteiger partial charge in [0.1, 0.15) is 24.2 Å². The first kappa shape index (κ1) is 30.1. The number of ether oxygens (including phenoxy) is 3. The van der Waals surface area contributed by atoms with Crippen molar-refractivity contribution >= 4 is 31.5 Å². The van der Waals surface area contributed by atoms with Crippen LogP contribution >= 0.6 is 20.4 Å². The van der Waals surface area contributed by atoms with Crippen molar-refractivity contribution in [3.63, 3.8) is 0 Å². The van der Waals surface area contributed by atoms with E-state index in [0.717, 1.165) is 17.3 Å². The number of amides is 2. The van der Waals surface area contributed by atoms with Crippen molar-refractivity contribution in [1.82, 2.24) is 5.32 Å². The number of imide groups is 1. The van der Waals surface area contributed by atoms with Crippen LogP contribution in [-0.4, -0.2) is 49.4 Å². The number of hydrogen-bond donors (Lipinski definition) is 1. The van der Waals surface area contributed by atoms with Crippen molar-refractivity contribution in [2.45, 2.75) is 38.0 Å². The molecule has 0 radical (unpaired) electrons. The minimum absolute atomic E-state index is 0.0608. The van der Waals surface area contributed by atoms with Crippen molar-refractivity contribution in [3.8, 4) is 11.5 Å². The van der Waals surface area contributed by atoms with Crippen LogP contribution in [0.2, 0.25) is 0 Å². The van der Waals surface area contributed by atoms with E-state index in [4.69, 9.17) is 23.0 Å². The zero-order valence-electron chi connectivity index (χ0n) is 20.6. The van der Waals surface area contributed by atoms with E-state index in [1.54, 1.807) is 44.2 Å². The van der Waals surface area contributed by atoms with Gasteiger partial charge in [0.25, 0.3) is 5.24 Å². The minimum atomic E-state index is -4.84. The molecule has 14 heteroatoms. The number of rotatable bonds is 15. The molecule has 2 aromatic carbocycles. The molecule has 2 amide bonds. The molecule has 0 spiro atoms. The largest absolute Gasteiger partial charge is 0.573 e. The Morgan fingerprint density at radius 3 is 2.32 bits per heavy atom. The maximum Gasteiger partial charge on any atom is 0.573 e. The normalized spacial score (nSPS) is 16.5. The van der Waals surface area contributed by atoms with Gasteiger partial charge in [-0.1, -0.05) is 36.0 Å². The summed E-state index contributed by atoms with van der Waals surface area (Å²) >= 11 is 0.948. The average molecular weight is 578 g/mol. The van der Waals surface area contributed by atoms with Crippen LogP contribution in [0.15, 0.2) is 48.5 Å². The molecule has 1 N–H and O–H groups in total. The fourth-order valence-corrected chi connectivity index (χ4v) is 4.92. The van der Waals surface area contributed by atoms with Crippen LogP contribution in [0.1, 0.15) is 31.1 Å². The third-order valence-corrected chi connectivity index (χ3v) is 7.11. The Labute approximate surface area is 223 Å². The molecule has 2 atom stereocenters. The number of thioether (sulfide) groups is 1. The molecular weight excluding hydrogens is 550 g/mol. The van der Waals surface area contributed by atoms with Gasteiger partial charge in [-0.25, -0.2) is 0 Å². The van der Waals surface area contributed by atoms with Crippen molar-refractivity contribution < 1.29 is 50.5 Å². The predicted molar refractivity (Wildman–Crippen MR) is 134 cm³/mol. The SMILES string of the molecule is CCOP(OCC)OCOC(COc1ccc(CC2SC(=O)NC2=O)cc1)c1cccc(OC(F)(F)F)c1. The summed E-state index contributed by atoms with van der Waals surface area (Å²) in [6, 6.07) is 12.3. The van der Waals surface area contributed by atoms with Gasteiger partial charge in [-0.15, -0.1) is 13.2 Å². The van der Waals surface area contributed by atoms with Gasteiger partial charge in [0.15, 0.2) is 6.79 Å². The van der Waals surface area contributed by atoms with E-state index in [9.17, 15) is 22.8 Å². The highest BCUT2D eigenvalue weighted by atomic mass is 32.2. The first-order valence-corrected chi connectivity index (χ1v) is 13.5. The lowest BCUT2D eigenvalue weighted by molar-refractivity contribution is -0.274. The molecule has 0 saturated carbocycles. The number of halogens is 3. The lowest BCUT2D eigenvalue weighted by atomic mass is 10.1. The van der Waals surface area contributed by atoms with Crippen LogP contribution in [-0.2, 0) is 29.5 Å². The van der Waals surface area contributed by atoms with Gasteiger partial charge in [0.2, 0.25) is 5.91 Å². The summed E-state index contributed by atoms with van der Waals surface area (Å²) in [7, 11) is -1.64. The standard InChI is InChI=1S/C24H27F3NO8PS/c1-3-33-37(34-4-2)35-15-32-20(17-6-5-7-19(13-17)36-24(25,26)27)14-31-18-10-8-16(9-11-18)12-21-22(29)28-23(30)38-21/h5-11,13,20-21H,3-4,12,14-15H2,1-2H3,(H,28,29,30). The maximum absolute atomic E-state index is 12.7. The predicted octanol–water partition coefficient (Wildman–Crippen LogP) is 5.89. The van der Waals surface area contributed by atoms with E-state index in [2.05, 4.69) is 10.1 Å². The first-order valence-electron chi connectivity index (χ1n) is 11.6. The topological polar surface area (TPSA) is 102 Å². The third kappa shape index (κ3) is 10.0. The molecule has 0 bridgehead atoms. The number of carbonyl (C=O) groups excluding carboxylic acids is 2. The molecule has 1 saturated heterocycles. The Morgan fingerprint density at radius 2 is 1.71 bits per heavy atom. The zero-order valence-corrected chi connectivity index (χ0v) is 22.3. The number of hydrogen-bond acceptors (Lipinski definition) is 9. The van der Waals surface area contributed by atoms with Gasteiger partial charge in [-0.05, 0) is 55.7 Å². The second-order valence-corrected chi connectivity index (χ2v) is 10.0. The van der Waals surface area contributed by atoms with Gasteiger partial charge >= 0.3 is 15.0 Å². The van der Waals surface area contributed by atoms with Crippen molar-refractivity contribution in [2.75, 3.05) is 26.6 Å².